The monoisotopic (exact) mass is 462 g/mol. The van der Waals surface area contributed by atoms with Crippen LogP contribution in [0.3, 0.4) is 0 Å². The Labute approximate surface area is 185 Å². The molecule has 0 amide bonds. The van der Waals surface area contributed by atoms with E-state index in [1.54, 1.807) is 29.5 Å². The molecule has 3 aromatic heterocycles. The first-order chi connectivity index (χ1) is 15.3. The van der Waals surface area contributed by atoms with Crippen LogP contribution in [0.5, 0.6) is 0 Å². The van der Waals surface area contributed by atoms with Crippen molar-refractivity contribution < 1.29 is 17.7 Å². The number of fused-ring (bicyclic) bond motifs is 2. The lowest BCUT2D eigenvalue weighted by molar-refractivity contribution is -0.139. The largest absolute Gasteiger partial charge is 0.406 e. The van der Waals surface area contributed by atoms with Crippen LogP contribution in [0.25, 0.3) is 22.4 Å². The number of halogens is 3. The molecule has 4 aromatic rings. The van der Waals surface area contributed by atoms with Gasteiger partial charge in [0.25, 0.3) is 0 Å². The van der Waals surface area contributed by atoms with Gasteiger partial charge >= 0.3 is 6.18 Å². The molecule has 1 aliphatic rings. The van der Waals surface area contributed by atoms with E-state index in [9.17, 15) is 13.2 Å². The van der Waals surface area contributed by atoms with Gasteiger partial charge in [-0.25, -0.2) is 4.98 Å². The number of hydrogen-bond acceptors (Lipinski definition) is 7. The van der Waals surface area contributed by atoms with E-state index in [1.165, 1.54) is 9.44 Å². The molecule has 168 valence electrons. The van der Waals surface area contributed by atoms with Crippen molar-refractivity contribution in [3.05, 3.63) is 45.7 Å². The van der Waals surface area contributed by atoms with Gasteiger partial charge in [0.1, 0.15) is 6.54 Å². The number of nitrogens with one attached hydrogen (secondary N) is 1. The number of nitrogens with zero attached hydrogens (tertiary/aromatic N) is 4. The zero-order chi connectivity index (χ0) is 22.5. The van der Waals surface area contributed by atoms with Crippen LogP contribution in [0.4, 0.5) is 18.9 Å². The van der Waals surface area contributed by atoms with E-state index >= 15 is 0 Å². The Morgan fingerprint density at radius 1 is 1.31 bits per heavy atom. The topological polar surface area (TPSA) is 94.8 Å². The molecule has 32 heavy (non-hydrogen) atoms. The molecule has 0 spiro atoms. The summed E-state index contributed by atoms with van der Waals surface area (Å²) in [6.07, 6.45) is -1.77. The summed E-state index contributed by atoms with van der Waals surface area (Å²) in [7, 11) is 0. The Kier molecular flexibility index (Phi) is 5.17. The molecule has 1 aliphatic carbocycles. The SMILES string of the molecule is Cc1nc2c(s1)CC(Nc1cccc3c1cc(-c1noc(CN)n1)n3CC(F)(F)F)CC2. The Hall–Kier alpha value is -2.92. The average Bonchev–Trinajstić information content (AvgIpc) is 3.43. The van der Waals surface area contributed by atoms with Gasteiger partial charge in [-0.3, -0.25) is 0 Å². The Morgan fingerprint density at radius 3 is 2.91 bits per heavy atom. The van der Waals surface area contributed by atoms with Crippen LogP contribution in [0.15, 0.2) is 28.8 Å². The molecule has 3 N–H and O–H groups in total. The van der Waals surface area contributed by atoms with E-state index in [1.807, 2.05) is 13.0 Å². The molecule has 3 heterocycles. The van der Waals surface area contributed by atoms with Crippen LogP contribution < -0.4 is 11.1 Å². The second-order valence-electron chi connectivity index (χ2n) is 7.87. The number of benzene rings is 1. The fourth-order valence-corrected chi connectivity index (χ4v) is 5.30. The zero-order valence-electron chi connectivity index (χ0n) is 17.2. The van der Waals surface area contributed by atoms with E-state index in [4.69, 9.17) is 10.3 Å². The molecule has 7 nitrogen and oxygen atoms in total. The first-order valence-corrected chi connectivity index (χ1v) is 11.1. The summed E-state index contributed by atoms with van der Waals surface area (Å²) in [6, 6.07) is 7.18. The highest BCUT2D eigenvalue weighted by Crippen LogP contribution is 2.35. The molecule has 1 unspecified atom stereocenters. The molecule has 0 radical (unpaired) electrons. The van der Waals surface area contributed by atoms with Gasteiger partial charge in [0.2, 0.25) is 11.7 Å². The third-order valence-electron chi connectivity index (χ3n) is 5.56. The molecule has 0 aliphatic heterocycles. The van der Waals surface area contributed by atoms with Crippen molar-refractivity contribution in [2.24, 2.45) is 5.73 Å². The predicted molar refractivity (Wildman–Crippen MR) is 115 cm³/mol. The molecule has 5 rings (SSSR count). The number of aryl methyl sites for hydroxylation is 2. The number of alkyl halides is 3. The van der Waals surface area contributed by atoms with Crippen molar-refractivity contribution in [1.82, 2.24) is 19.7 Å². The number of thiazole rings is 1. The number of nitrogens with two attached hydrogens (primary N) is 1. The first kappa shape index (κ1) is 21.0. The van der Waals surface area contributed by atoms with Gasteiger partial charge in [-0.2, -0.15) is 18.2 Å². The minimum atomic E-state index is -4.41. The van der Waals surface area contributed by atoms with Crippen LogP contribution in [0, 0.1) is 6.92 Å². The third kappa shape index (κ3) is 3.97. The highest BCUT2D eigenvalue weighted by atomic mass is 32.1. The summed E-state index contributed by atoms with van der Waals surface area (Å²) in [5, 5.41) is 9.12. The number of hydrogen-bond donors (Lipinski definition) is 2. The van der Waals surface area contributed by atoms with Crippen molar-refractivity contribution in [2.75, 3.05) is 5.32 Å². The Bertz CT molecular complexity index is 1270. The highest BCUT2D eigenvalue weighted by Gasteiger charge is 2.31. The van der Waals surface area contributed by atoms with Crippen LogP contribution in [0.1, 0.15) is 27.9 Å². The van der Waals surface area contributed by atoms with Crippen LogP contribution in [-0.4, -0.2) is 31.9 Å². The van der Waals surface area contributed by atoms with Crippen LogP contribution in [-0.2, 0) is 25.9 Å². The van der Waals surface area contributed by atoms with Crippen molar-refractivity contribution in [2.45, 2.75) is 51.5 Å². The van der Waals surface area contributed by atoms with Gasteiger partial charge in [0, 0.05) is 28.4 Å². The summed E-state index contributed by atoms with van der Waals surface area (Å²) < 4.78 is 46.4. The van der Waals surface area contributed by atoms with Crippen molar-refractivity contribution >= 4 is 27.9 Å². The van der Waals surface area contributed by atoms with Crippen molar-refractivity contribution in [1.29, 1.82) is 0 Å². The second-order valence-corrected chi connectivity index (χ2v) is 9.16. The highest BCUT2D eigenvalue weighted by molar-refractivity contribution is 7.11. The number of rotatable bonds is 5. The lowest BCUT2D eigenvalue weighted by Crippen LogP contribution is -2.26. The van der Waals surface area contributed by atoms with Gasteiger partial charge in [-0.05, 0) is 38.0 Å². The Balaban J connectivity index is 1.54. The van der Waals surface area contributed by atoms with Crippen molar-refractivity contribution in [3.63, 3.8) is 0 Å². The molecule has 11 heteroatoms. The normalized spacial score (nSPS) is 16.5. The lowest BCUT2D eigenvalue weighted by Gasteiger charge is -2.24. The van der Waals surface area contributed by atoms with E-state index in [0.29, 0.717) is 10.9 Å². The molecule has 0 saturated heterocycles. The number of aromatic nitrogens is 4. The maximum atomic E-state index is 13.4. The minimum Gasteiger partial charge on any atom is -0.381 e. The maximum Gasteiger partial charge on any atom is 0.406 e. The Morgan fingerprint density at radius 2 is 2.16 bits per heavy atom. The first-order valence-electron chi connectivity index (χ1n) is 10.2. The van der Waals surface area contributed by atoms with Gasteiger partial charge in [-0.1, -0.05) is 11.2 Å². The minimum absolute atomic E-state index is 0.0139. The van der Waals surface area contributed by atoms with Crippen LogP contribution >= 0.6 is 11.3 Å². The fraction of sp³-hybridized carbons (Fsp3) is 0.381. The van der Waals surface area contributed by atoms with E-state index in [0.717, 1.165) is 35.7 Å². The van der Waals surface area contributed by atoms with Crippen molar-refractivity contribution in [3.8, 4) is 11.5 Å². The summed E-state index contributed by atoms with van der Waals surface area (Å²) >= 11 is 1.71. The quantitative estimate of drug-likeness (QED) is 0.455. The fourth-order valence-electron chi connectivity index (χ4n) is 4.23. The lowest BCUT2D eigenvalue weighted by atomic mass is 9.97. The molecule has 0 fully saturated rings. The number of anilines is 1. The smallest absolute Gasteiger partial charge is 0.381 e. The maximum absolute atomic E-state index is 13.4. The van der Waals surface area contributed by atoms with E-state index in [-0.39, 0.29) is 30.0 Å². The predicted octanol–water partition coefficient (Wildman–Crippen LogP) is 4.45. The molecule has 0 saturated carbocycles. The van der Waals surface area contributed by atoms with E-state index in [2.05, 4.69) is 20.4 Å². The summed E-state index contributed by atoms with van der Waals surface area (Å²) in [5.41, 5.74) is 8.15. The van der Waals surface area contributed by atoms with Crippen LogP contribution in [0.2, 0.25) is 0 Å². The van der Waals surface area contributed by atoms with E-state index < -0.39 is 12.7 Å². The van der Waals surface area contributed by atoms with Gasteiger partial charge in [0.05, 0.1) is 28.5 Å². The summed E-state index contributed by atoms with van der Waals surface area (Å²) in [4.78, 5) is 10.00. The third-order valence-corrected chi connectivity index (χ3v) is 6.60. The average molecular weight is 463 g/mol. The molecular weight excluding hydrogens is 441 g/mol. The summed E-state index contributed by atoms with van der Waals surface area (Å²) in [6.45, 7) is 0.861. The summed E-state index contributed by atoms with van der Waals surface area (Å²) in [5.74, 6) is 0.249. The molecule has 0 bridgehead atoms. The zero-order valence-corrected chi connectivity index (χ0v) is 18.1. The second kappa shape index (κ2) is 7.89. The van der Waals surface area contributed by atoms with Gasteiger partial charge < -0.3 is 20.1 Å². The standard InChI is InChI=1S/C21H21F3N6OS/c1-11-26-15-6-5-12(7-18(15)32-11)27-14-3-2-4-16-13(14)8-17(30(16)10-21(22,23)24)20-28-19(9-25)31-29-20/h2-4,8,12,27H,5-7,9-10,25H2,1H3. The molecule has 1 aromatic carbocycles. The van der Waals surface area contributed by atoms with Gasteiger partial charge in [-0.15, -0.1) is 11.3 Å². The molecular formula is C21H21F3N6OS. The molecule has 1 atom stereocenters. The van der Waals surface area contributed by atoms with Gasteiger partial charge in [0.15, 0.2) is 0 Å².